The monoisotopic (exact) mass is 396 g/mol. The predicted molar refractivity (Wildman–Crippen MR) is 109 cm³/mol. The number of anilines is 1. The first kappa shape index (κ1) is 20.3. The van der Waals surface area contributed by atoms with Gasteiger partial charge in [-0.05, 0) is 36.2 Å². The molecule has 8 heteroatoms. The van der Waals surface area contributed by atoms with E-state index in [0.29, 0.717) is 25.4 Å². The average Bonchev–Trinajstić information content (AvgIpc) is 3.10. The van der Waals surface area contributed by atoms with Gasteiger partial charge in [0.05, 0.1) is 24.9 Å². The fourth-order valence-electron chi connectivity index (χ4n) is 2.88. The lowest BCUT2D eigenvalue weighted by Gasteiger charge is -2.09. The Morgan fingerprint density at radius 2 is 1.86 bits per heavy atom. The van der Waals surface area contributed by atoms with E-state index >= 15 is 0 Å². The zero-order valence-corrected chi connectivity index (χ0v) is 16.5. The third-order valence-corrected chi connectivity index (χ3v) is 4.27. The molecule has 1 heterocycles. The van der Waals surface area contributed by atoms with Crippen LogP contribution in [0.3, 0.4) is 0 Å². The first-order chi connectivity index (χ1) is 14.1. The first-order valence-electron chi connectivity index (χ1n) is 9.32. The molecule has 2 aromatic carbocycles. The SMILES string of the molecule is CCOC(=O)Cn1ncc2ccc(NC(=O)NCc3ccc(COC)cc3)cc21. The predicted octanol–water partition coefficient (Wildman–Crippen LogP) is 3.07. The maximum atomic E-state index is 12.2. The number of carbonyl (C=O) groups excluding carboxylic acids is 2. The van der Waals surface area contributed by atoms with Crippen molar-refractivity contribution < 1.29 is 19.1 Å². The Morgan fingerprint density at radius 3 is 2.59 bits per heavy atom. The van der Waals surface area contributed by atoms with E-state index in [0.717, 1.165) is 22.0 Å². The van der Waals surface area contributed by atoms with Crippen LogP contribution in [0, 0.1) is 0 Å². The van der Waals surface area contributed by atoms with E-state index in [1.165, 1.54) is 0 Å². The van der Waals surface area contributed by atoms with Gasteiger partial charge in [-0.2, -0.15) is 5.10 Å². The van der Waals surface area contributed by atoms with Crippen molar-refractivity contribution in [2.75, 3.05) is 19.0 Å². The van der Waals surface area contributed by atoms with E-state index in [4.69, 9.17) is 9.47 Å². The second-order valence-corrected chi connectivity index (χ2v) is 6.44. The summed E-state index contributed by atoms with van der Waals surface area (Å²) < 4.78 is 11.6. The van der Waals surface area contributed by atoms with Crippen LogP contribution in [0.15, 0.2) is 48.7 Å². The Kier molecular flexibility index (Phi) is 6.80. The minimum absolute atomic E-state index is 0.0199. The smallest absolute Gasteiger partial charge is 0.327 e. The van der Waals surface area contributed by atoms with Crippen LogP contribution in [0.25, 0.3) is 10.9 Å². The zero-order chi connectivity index (χ0) is 20.6. The van der Waals surface area contributed by atoms with Crippen molar-refractivity contribution in [3.63, 3.8) is 0 Å². The number of nitrogens with one attached hydrogen (secondary N) is 2. The molecule has 0 aliphatic heterocycles. The van der Waals surface area contributed by atoms with Gasteiger partial charge in [0, 0.05) is 24.7 Å². The molecule has 0 unspecified atom stereocenters. The van der Waals surface area contributed by atoms with Crippen LogP contribution in [0.4, 0.5) is 10.5 Å². The minimum atomic E-state index is -0.356. The van der Waals surface area contributed by atoms with E-state index in [1.807, 2.05) is 30.3 Å². The first-order valence-corrected chi connectivity index (χ1v) is 9.32. The number of carbonyl (C=O) groups is 2. The molecule has 0 aliphatic rings. The number of methoxy groups -OCH3 is 1. The molecule has 0 spiro atoms. The van der Waals surface area contributed by atoms with Crippen LogP contribution in [0.5, 0.6) is 0 Å². The third kappa shape index (κ3) is 5.55. The van der Waals surface area contributed by atoms with Crippen LogP contribution in [0.1, 0.15) is 18.1 Å². The number of hydrogen-bond acceptors (Lipinski definition) is 5. The fourth-order valence-corrected chi connectivity index (χ4v) is 2.88. The highest BCUT2D eigenvalue weighted by Gasteiger charge is 2.10. The summed E-state index contributed by atoms with van der Waals surface area (Å²) in [5, 5.41) is 10.7. The Balaban J connectivity index is 1.60. The summed E-state index contributed by atoms with van der Waals surface area (Å²) in [7, 11) is 1.65. The summed E-state index contributed by atoms with van der Waals surface area (Å²) in [5.74, 6) is -0.356. The largest absolute Gasteiger partial charge is 0.465 e. The molecule has 8 nitrogen and oxygen atoms in total. The summed E-state index contributed by atoms with van der Waals surface area (Å²) in [6, 6.07) is 12.9. The number of ether oxygens (including phenoxy) is 2. The summed E-state index contributed by atoms with van der Waals surface area (Å²) in [4.78, 5) is 24.0. The molecule has 1 aromatic heterocycles. The molecule has 0 saturated heterocycles. The molecule has 0 radical (unpaired) electrons. The van der Waals surface area contributed by atoms with Gasteiger partial charge < -0.3 is 20.1 Å². The lowest BCUT2D eigenvalue weighted by molar-refractivity contribution is -0.143. The Labute approximate surface area is 168 Å². The molecule has 2 N–H and O–H groups in total. The standard InChI is InChI=1S/C21H24N4O4/c1-3-29-20(26)13-25-19-10-18(9-8-17(19)12-23-25)24-21(27)22-11-15-4-6-16(7-5-15)14-28-2/h4-10,12H,3,11,13-14H2,1-2H3,(H2,22,24,27). The van der Waals surface area contributed by atoms with Crippen molar-refractivity contribution >= 4 is 28.6 Å². The van der Waals surface area contributed by atoms with E-state index < -0.39 is 0 Å². The lowest BCUT2D eigenvalue weighted by atomic mass is 10.1. The van der Waals surface area contributed by atoms with Gasteiger partial charge in [0.2, 0.25) is 0 Å². The Hall–Kier alpha value is -3.39. The van der Waals surface area contributed by atoms with Crippen molar-refractivity contribution in [1.29, 1.82) is 0 Å². The summed E-state index contributed by atoms with van der Waals surface area (Å²) in [6.07, 6.45) is 1.67. The van der Waals surface area contributed by atoms with E-state index in [2.05, 4.69) is 15.7 Å². The minimum Gasteiger partial charge on any atom is -0.465 e. The van der Waals surface area contributed by atoms with E-state index in [9.17, 15) is 9.59 Å². The van der Waals surface area contributed by atoms with Crippen LogP contribution in [0.2, 0.25) is 0 Å². The normalized spacial score (nSPS) is 10.7. The topological polar surface area (TPSA) is 94.5 Å². The number of aromatic nitrogens is 2. The molecule has 0 aliphatic carbocycles. The molecular weight excluding hydrogens is 372 g/mol. The molecular formula is C21H24N4O4. The molecule has 0 saturated carbocycles. The Bertz CT molecular complexity index is 982. The Morgan fingerprint density at radius 1 is 1.10 bits per heavy atom. The second kappa shape index (κ2) is 9.70. The number of hydrogen-bond donors (Lipinski definition) is 2. The van der Waals surface area contributed by atoms with Crippen LogP contribution in [-0.4, -0.2) is 35.5 Å². The van der Waals surface area contributed by atoms with Gasteiger partial charge in [-0.15, -0.1) is 0 Å². The molecule has 3 aromatic rings. The van der Waals surface area contributed by atoms with Crippen molar-refractivity contribution in [3.8, 4) is 0 Å². The van der Waals surface area contributed by atoms with Crippen molar-refractivity contribution in [3.05, 3.63) is 59.8 Å². The van der Waals surface area contributed by atoms with E-state index in [-0.39, 0.29) is 18.5 Å². The van der Waals surface area contributed by atoms with Gasteiger partial charge >= 0.3 is 12.0 Å². The van der Waals surface area contributed by atoms with Crippen molar-refractivity contribution in [1.82, 2.24) is 15.1 Å². The number of rotatable bonds is 8. The molecule has 0 atom stereocenters. The number of fused-ring (bicyclic) bond motifs is 1. The molecule has 152 valence electrons. The summed E-state index contributed by atoms with van der Waals surface area (Å²) in [5.41, 5.74) is 3.41. The highest BCUT2D eigenvalue weighted by atomic mass is 16.5. The maximum absolute atomic E-state index is 12.2. The van der Waals surface area contributed by atoms with Gasteiger partial charge in [0.1, 0.15) is 6.54 Å². The second-order valence-electron chi connectivity index (χ2n) is 6.44. The van der Waals surface area contributed by atoms with Crippen LogP contribution in [-0.2, 0) is 34.0 Å². The number of esters is 1. The fraction of sp³-hybridized carbons (Fsp3) is 0.286. The summed E-state index contributed by atoms with van der Waals surface area (Å²) in [6.45, 7) is 3.06. The summed E-state index contributed by atoms with van der Waals surface area (Å²) >= 11 is 0. The highest BCUT2D eigenvalue weighted by Crippen LogP contribution is 2.19. The quantitative estimate of drug-likeness (QED) is 0.571. The van der Waals surface area contributed by atoms with Gasteiger partial charge in [-0.25, -0.2) is 4.79 Å². The van der Waals surface area contributed by atoms with Crippen LogP contribution < -0.4 is 10.6 Å². The van der Waals surface area contributed by atoms with Gasteiger partial charge in [-0.1, -0.05) is 24.3 Å². The number of amides is 2. The number of nitrogens with zero attached hydrogens (tertiary/aromatic N) is 2. The lowest BCUT2D eigenvalue weighted by Crippen LogP contribution is -2.28. The highest BCUT2D eigenvalue weighted by molar-refractivity contribution is 5.92. The molecule has 2 amide bonds. The number of benzene rings is 2. The zero-order valence-electron chi connectivity index (χ0n) is 16.5. The average molecular weight is 396 g/mol. The molecule has 0 bridgehead atoms. The van der Waals surface area contributed by atoms with E-state index in [1.54, 1.807) is 37.0 Å². The van der Waals surface area contributed by atoms with Gasteiger partial charge in [-0.3, -0.25) is 9.48 Å². The molecule has 3 rings (SSSR count). The van der Waals surface area contributed by atoms with Crippen molar-refractivity contribution in [2.24, 2.45) is 0 Å². The molecule has 29 heavy (non-hydrogen) atoms. The van der Waals surface area contributed by atoms with Gasteiger partial charge in [0.25, 0.3) is 0 Å². The third-order valence-electron chi connectivity index (χ3n) is 4.27. The van der Waals surface area contributed by atoms with Crippen LogP contribution >= 0.6 is 0 Å². The number of urea groups is 1. The maximum Gasteiger partial charge on any atom is 0.327 e. The van der Waals surface area contributed by atoms with Gasteiger partial charge in [0.15, 0.2) is 0 Å². The van der Waals surface area contributed by atoms with Crippen molar-refractivity contribution in [2.45, 2.75) is 26.6 Å². The molecule has 0 fully saturated rings.